The van der Waals surface area contributed by atoms with Crippen LogP contribution in [0.5, 0.6) is 0 Å². The maximum atomic E-state index is 13.8. The summed E-state index contributed by atoms with van der Waals surface area (Å²) >= 11 is 0. The average Bonchev–Trinajstić information content (AvgIpc) is 2.84. The molecule has 0 aromatic heterocycles. The molecule has 2 aromatic carbocycles. The van der Waals surface area contributed by atoms with Gasteiger partial charge in [0.25, 0.3) is 11.8 Å². The van der Waals surface area contributed by atoms with Crippen LogP contribution in [-0.4, -0.2) is 59.7 Å². The number of nitrogens with one attached hydrogen (secondary N) is 1. The molecule has 0 aliphatic carbocycles. The lowest BCUT2D eigenvalue weighted by atomic mass is 9.94. The van der Waals surface area contributed by atoms with Crippen LogP contribution in [0.25, 0.3) is 0 Å². The number of carbonyl (C=O) groups is 3. The number of rotatable bonds is 4. The topological polar surface area (TPSA) is 69.7 Å². The molecule has 1 N–H and O–H groups in total. The number of halogens is 1. The van der Waals surface area contributed by atoms with Crippen molar-refractivity contribution in [3.05, 3.63) is 71.5 Å². The van der Waals surface area contributed by atoms with Crippen LogP contribution in [0.15, 0.2) is 54.6 Å². The third-order valence-corrected chi connectivity index (χ3v) is 6.34. The van der Waals surface area contributed by atoms with Crippen LogP contribution in [0.1, 0.15) is 46.4 Å². The van der Waals surface area contributed by atoms with Gasteiger partial charge in [-0.2, -0.15) is 0 Å². The van der Waals surface area contributed by atoms with Gasteiger partial charge in [-0.3, -0.25) is 14.4 Å². The van der Waals surface area contributed by atoms with Gasteiger partial charge in [-0.1, -0.05) is 30.3 Å². The summed E-state index contributed by atoms with van der Waals surface area (Å²) < 4.78 is 13.8. The Balaban J connectivity index is 1.29. The first kappa shape index (κ1) is 22.0. The minimum atomic E-state index is -0.537. The van der Waals surface area contributed by atoms with Crippen LogP contribution in [0.4, 0.5) is 4.39 Å². The summed E-state index contributed by atoms with van der Waals surface area (Å²) in [5, 5.41) is 2.89. The molecule has 6 nitrogen and oxygen atoms in total. The summed E-state index contributed by atoms with van der Waals surface area (Å²) in [7, 11) is 0. The molecule has 0 radical (unpaired) electrons. The number of hydrogen-bond acceptors (Lipinski definition) is 3. The monoisotopic (exact) mass is 437 g/mol. The zero-order valence-corrected chi connectivity index (χ0v) is 18.0. The predicted molar refractivity (Wildman–Crippen MR) is 119 cm³/mol. The van der Waals surface area contributed by atoms with E-state index >= 15 is 0 Å². The zero-order valence-electron chi connectivity index (χ0n) is 18.0. The second-order valence-electron chi connectivity index (χ2n) is 8.51. The van der Waals surface area contributed by atoms with Crippen LogP contribution in [0.2, 0.25) is 0 Å². The van der Waals surface area contributed by atoms with E-state index in [0.29, 0.717) is 44.6 Å². The first-order chi connectivity index (χ1) is 15.5. The number of hydrogen-bond donors (Lipinski definition) is 1. The van der Waals surface area contributed by atoms with Gasteiger partial charge in [0.15, 0.2) is 0 Å². The van der Waals surface area contributed by atoms with Crippen molar-refractivity contribution in [2.45, 2.75) is 31.7 Å². The molecule has 2 aliphatic rings. The standard InChI is InChI=1S/C25H28FN3O3/c26-22-11-5-4-10-21(22)23(30)27-20-12-15-28(16-13-20)25(32)19-9-6-14-29(17-19)24(31)18-7-2-1-3-8-18/h1-5,7-8,10-11,19-20H,6,9,12-17H2,(H,27,30). The molecule has 4 rings (SSSR count). The second kappa shape index (κ2) is 9.94. The van der Waals surface area contributed by atoms with Crippen LogP contribution >= 0.6 is 0 Å². The molecular formula is C25H28FN3O3. The normalized spacial score (nSPS) is 19.5. The molecule has 2 aliphatic heterocycles. The van der Waals surface area contributed by atoms with Gasteiger partial charge < -0.3 is 15.1 Å². The number of carbonyl (C=O) groups excluding carboxylic acids is 3. The molecule has 1 atom stereocenters. The van der Waals surface area contributed by atoms with Gasteiger partial charge in [0.1, 0.15) is 5.82 Å². The molecule has 3 amide bonds. The van der Waals surface area contributed by atoms with E-state index in [9.17, 15) is 18.8 Å². The molecule has 2 heterocycles. The molecule has 1 unspecified atom stereocenters. The van der Waals surface area contributed by atoms with Crippen LogP contribution in [0, 0.1) is 11.7 Å². The highest BCUT2D eigenvalue weighted by atomic mass is 19.1. The summed E-state index contributed by atoms with van der Waals surface area (Å²) in [6.45, 7) is 2.20. The molecule has 7 heteroatoms. The first-order valence-corrected chi connectivity index (χ1v) is 11.2. The summed E-state index contributed by atoms with van der Waals surface area (Å²) in [6.07, 6.45) is 2.85. The second-order valence-corrected chi connectivity index (χ2v) is 8.51. The number of likely N-dealkylation sites (tertiary alicyclic amines) is 2. The highest BCUT2D eigenvalue weighted by Crippen LogP contribution is 2.23. The van der Waals surface area contributed by atoms with Gasteiger partial charge in [0.05, 0.1) is 11.5 Å². The van der Waals surface area contributed by atoms with Crippen molar-refractivity contribution < 1.29 is 18.8 Å². The maximum absolute atomic E-state index is 13.8. The molecule has 32 heavy (non-hydrogen) atoms. The van der Waals surface area contributed by atoms with Crippen molar-refractivity contribution >= 4 is 17.7 Å². The summed E-state index contributed by atoms with van der Waals surface area (Å²) in [4.78, 5) is 41.8. The Kier molecular flexibility index (Phi) is 6.83. The Hall–Kier alpha value is -3.22. The van der Waals surface area contributed by atoms with Crippen molar-refractivity contribution in [3.8, 4) is 0 Å². The Labute approximate surface area is 187 Å². The third-order valence-electron chi connectivity index (χ3n) is 6.34. The molecule has 2 aromatic rings. The van der Waals surface area contributed by atoms with Gasteiger partial charge >= 0.3 is 0 Å². The predicted octanol–water partition coefficient (Wildman–Crippen LogP) is 3.10. The lowest BCUT2D eigenvalue weighted by Crippen LogP contribution is -2.51. The molecule has 2 saturated heterocycles. The minimum absolute atomic E-state index is 0.0299. The Bertz CT molecular complexity index is 973. The maximum Gasteiger partial charge on any atom is 0.254 e. The Morgan fingerprint density at radius 1 is 0.844 bits per heavy atom. The fourth-order valence-electron chi connectivity index (χ4n) is 4.54. The van der Waals surface area contributed by atoms with E-state index in [-0.39, 0.29) is 29.3 Å². The number of piperidine rings is 2. The van der Waals surface area contributed by atoms with E-state index in [1.807, 2.05) is 23.1 Å². The molecule has 0 bridgehead atoms. The van der Waals surface area contributed by atoms with E-state index in [1.165, 1.54) is 12.1 Å². The number of nitrogens with zero attached hydrogens (tertiary/aromatic N) is 2. The zero-order chi connectivity index (χ0) is 22.5. The van der Waals surface area contributed by atoms with Gasteiger partial charge in [-0.05, 0) is 49.9 Å². The Morgan fingerprint density at radius 2 is 1.53 bits per heavy atom. The summed E-state index contributed by atoms with van der Waals surface area (Å²) in [5.41, 5.74) is 0.684. The lowest BCUT2D eigenvalue weighted by molar-refractivity contribution is -0.138. The van der Waals surface area contributed by atoms with E-state index < -0.39 is 11.7 Å². The molecule has 168 valence electrons. The number of benzene rings is 2. The fraction of sp³-hybridized carbons (Fsp3) is 0.400. The van der Waals surface area contributed by atoms with Gasteiger partial charge in [0, 0.05) is 37.8 Å². The summed E-state index contributed by atoms with van der Waals surface area (Å²) in [6, 6.07) is 15.0. The van der Waals surface area contributed by atoms with E-state index in [1.54, 1.807) is 29.2 Å². The van der Waals surface area contributed by atoms with Gasteiger partial charge in [-0.15, -0.1) is 0 Å². The highest BCUT2D eigenvalue weighted by molar-refractivity contribution is 5.95. The van der Waals surface area contributed by atoms with Crippen molar-refractivity contribution in [1.29, 1.82) is 0 Å². The van der Waals surface area contributed by atoms with Gasteiger partial charge in [0.2, 0.25) is 5.91 Å². The molecular weight excluding hydrogens is 409 g/mol. The molecule has 2 fully saturated rings. The number of amides is 3. The average molecular weight is 438 g/mol. The van der Waals surface area contributed by atoms with Crippen molar-refractivity contribution in [2.75, 3.05) is 26.2 Å². The Morgan fingerprint density at radius 3 is 2.25 bits per heavy atom. The van der Waals surface area contributed by atoms with E-state index in [0.717, 1.165) is 12.8 Å². The smallest absolute Gasteiger partial charge is 0.254 e. The van der Waals surface area contributed by atoms with E-state index in [4.69, 9.17) is 0 Å². The lowest BCUT2D eigenvalue weighted by Gasteiger charge is -2.38. The van der Waals surface area contributed by atoms with Crippen LogP contribution in [0.3, 0.4) is 0 Å². The highest BCUT2D eigenvalue weighted by Gasteiger charge is 2.33. The van der Waals surface area contributed by atoms with Crippen LogP contribution in [-0.2, 0) is 4.79 Å². The fourth-order valence-corrected chi connectivity index (χ4v) is 4.54. The van der Waals surface area contributed by atoms with E-state index in [2.05, 4.69) is 5.32 Å². The SMILES string of the molecule is O=C(NC1CCN(C(=O)C2CCCN(C(=O)c3ccccc3)C2)CC1)c1ccccc1F. The van der Waals surface area contributed by atoms with Crippen molar-refractivity contribution in [2.24, 2.45) is 5.92 Å². The van der Waals surface area contributed by atoms with Crippen molar-refractivity contribution in [3.63, 3.8) is 0 Å². The quantitative estimate of drug-likeness (QED) is 0.799. The third kappa shape index (κ3) is 4.98. The summed E-state index contributed by atoms with van der Waals surface area (Å²) in [5.74, 6) is -1.10. The van der Waals surface area contributed by atoms with Crippen LogP contribution < -0.4 is 5.32 Å². The minimum Gasteiger partial charge on any atom is -0.349 e. The van der Waals surface area contributed by atoms with Gasteiger partial charge in [-0.25, -0.2) is 4.39 Å². The molecule has 0 saturated carbocycles. The van der Waals surface area contributed by atoms with Crippen molar-refractivity contribution in [1.82, 2.24) is 15.1 Å². The first-order valence-electron chi connectivity index (χ1n) is 11.2. The largest absolute Gasteiger partial charge is 0.349 e. The molecule has 0 spiro atoms.